The molecule has 0 radical (unpaired) electrons. The summed E-state index contributed by atoms with van der Waals surface area (Å²) in [6.45, 7) is 1.30. The molecule has 1 N–H and O–H groups in total. The van der Waals surface area contributed by atoms with Gasteiger partial charge in [0.2, 0.25) is 0 Å². The topological polar surface area (TPSA) is 76.3 Å². The number of halogens is 2. The summed E-state index contributed by atoms with van der Waals surface area (Å²) in [5, 5.41) is 3.45. The lowest BCUT2D eigenvalue weighted by Crippen LogP contribution is -2.37. The molecule has 0 atom stereocenters. The lowest BCUT2D eigenvalue weighted by Gasteiger charge is -2.32. The Morgan fingerprint density at radius 3 is 2.14 bits per heavy atom. The number of aromatic nitrogens is 2. The third-order valence-corrected chi connectivity index (χ3v) is 7.76. The van der Waals surface area contributed by atoms with E-state index < -0.39 is 0 Å². The zero-order valence-corrected chi connectivity index (χ0v) is 22.0. The van der Waals surface area contributed by atoms with Crippen molar-refractivity contribution in [3.05, 3.63) is 97.9 Å². The molecule has 2 amide bonds. The van der Waals surface area contributed by atoms with Crippen LogP contribution in [-0.4, -0.2) is 38.9 Å². The molecule has 0 unspecified atom stereocenters. The number of benzene rings is 3. The number of piperidine rings is 1. The molecule has 2 heterocycles. The fraction of sp³-hybridized carbons (Fsp3) is 0.250. The van der Waals surface area contributed by atoms with Crippen molar-refractivity contribution in [2.24, 2.45) is 14.1 Å². The van der Waals surface area contributed by atoms with Crippen molar-refractivity contribution in [3.8, 4) is 0 Å². The summed E-state index contributed by atoms with van der Waals surface area (Å²) in [6, 6.07) is 18.1. The Labute approximate surface area is 224 Å². The second-order valence-corrected chi connectivity index (χ2v) is 10.2. The molecule has 0 aliphatic carbocycles. The molecule has 0 bridgehead atoms. The zero-order chi connectivity index (χ0) is 26.3. The van der Waals surface area contributed by atoms with Gasteiger partial charge in [0.25, 0.3) is 11.8 Å². The molecular weight excluding hydrogens is 511 g/mol. The molecule has 0 saturated carbocycles. The van der Waals surface area contributed by atoms with E-state index in [9.17, 15) is 14.4 Å². The van der Waals surface area contributed by atoms with E-state index in [1.165, 1.54) is 5.56 Å². The van der Waals surface area contributed by atoms with E-state index >= 15 is 0 Å². The minimum Gasteiger partial charge on any atom is -0.339 e. The minimum absolute atomic E-state index is 0.0204. The van der Waals surface area contributed by atoms with Crippen LogP contribution in [0.3, 0.4) is 0 Å². The van der Waals surface area contributed by atoms with Gasteiger partial charge in [-0.05, 0) is 66.8 Å². The highest BCUT2D eigenvalue weighted by Gasteiger charge is 2.25. The predicted molar refractivity (Wildman–Crippen MR) is 147 cm³/mol. The van der Waals surface area contributed by atoms with Crippen LogP contribution in [0.1, 0.15) is 45.0 Å². The van der Waals surface area contributed by atoms with E-state index in [2.05, 4.69) is 5.32 Å². The molecule has 3 aromatic carbocycles. The maximum atomic E-state index is 13.2. The first kappa shape index (κ1) is 25.1. The van der Waals surface area contributed by atoms with Gasteiger partial charge in [-0.1, -0.05) is 41.4 Å². The Morgan fingerprint density at radius 2 is 1.49 bits per heavy atom. The third kappa shape index (κ3) is 4.77. The van der Waals surface area contributed by atoms with Crippen LogP contribution in [0, 0.1) is 0 Å². The molecule has 0 spiro atoms. The van der Waals surface area contributed by atoms with Gasteiger partial charge in [0.05, 0.1) is 26.6 Å². The molecule has 7 nitrogen and oxygen atoms in total. The molecular formula is C28H26Cl2N4O3. The highest BCUT2D eigenvalue weighted by Crippen LogP contribution is 2.30. The summed E-state index contributed by atoms with van der Waals surface area (Å²) < 4.78 is 3.14. The van der Waals surface area contributed by atoms with E-state index in [0.29, 0.717) is 40.3 Å². The Kier molecular flexibility index (Phi) is 6.84. The first-order valence-electron chi connectivity index (χ1n) is 12.0. The number of imidazole rings is 1. The molecule has 5 rings (SSSR count). The van der Waals surface area contributed by atoms with Crippen molar-refractivity contribution in [1.29, 1.82) is 0 Å². The number of amides is 2. The van der Waals surface area contributed by atoms with Gasteiger partial charge in [-0.3, -0.25) is 18.7 Å². The average Bonchev–Trinajstić information content (AvgIpc) is 3.12. The number of hydrogen-bond acceptors (Lipinski definition) is 3. The van der Waals surface area contributed by atoms with Crippen LogP contribution < -0.4 is 11.0 Å². The molecule has 1 aromatic heterocycles. The van der Waals surface area contributed by atoms with Gasteiger partial charge in [-0.2, -0.15) is 0 Å². The summed E-state index contributed by atoms with van der Waals surface area (Å²) in [4.78, 5) is 39.9. The SMILES string of the molecule is Cn1c(=O)n(C)c2cc(C(=O)N3CCC(c4ccc(NC(=O)c5c(Cl)cccc5Cl)cc4)CC3)ccc21. The Balaban J connectivity index is 1.22. The highest BCUT2D eigenvalue weighted by atomic mass is 35.5. The summed E-state index contributed by atoms with van der Waals surface area (Å²) >= 11 is 12.3. The maximum absolute atomic E-state index is 13.2. The molecule has 37 heavy (non-hydrogen) atoms. The van der Waals surface area contributed by atoms with Gasteiger partial charge in [0.1, 0.15) is 0 Å². The molecule has 1 saturated heterocycles. The fourth-order valence-corrected chi connectivity index (χ4v) is 5.55. The number of likely N-dealkylation sites (tertiary alicyclic amines) is 1. The van der Waals surface area contributed by atoms with Crippen LogP contribution in [0.4, 0.5) is 5.69 Å². The number of fused-ring (bicyclic) bond motifs is 1. The summed E-state index contributed by atoms with van der Waals surface area (Å²) in [5.41, 5.74) is 4.10. The van der Waals surface area contributed by atoms with E-state index in [0.717, 1.165) is 23.9 Å². The van der Waals surface area contributed by atoms with Crippen molar-refractivity contribution in [1.82, 2.24) is 14.0 Å². The number of nitrogens with one attached hydrogen (secondary N) is 1. The van der Waals surface area contributed by atoms with Crippen LogP contribution in [0.2, 0.25) is 10.0 Å². The summed E-state index contributed by atoms with van der Waals surface area (Å²) in [5.74, 6) is -0.0545. The van der Waals surface area contributed by atoms with Crippen molar-refractivity contribution in [2.75, 3.05) is 18.4 Å². The fourth-order valence-electron chi connectivity index (χ4n) is 4.99. The smallest absolute Gasteiger partial charge is 0.328 e. The second-order valence-electron chi connectivity index (χ2n) is 9.34. The second kappa shape index (κ2) is 10.1. The number of carbonyl (C=O) groups excluding carboxylic acids is 2. The highest BCUT2D eigenvalue weighted by molar-refractivity contribution is 6.40. The van der Waals surface area contributed by atoms with Crippen molar-refractivity contribution >= 4 is 51.7 Å². The molecule has 1 aliphatic rings. The Morgan fingerprint density at radius 1 is 0.865 bits per heavy atom. The lowest BCUT2D eigenvalue weighted by molar-refractivity contribution is 0.0713. The molecule has 9 heteroatoms. The average molecular weight is 537 g/mol. The molecule has 190 valence electrons. The van der Waals surface area contributed by atoms with Gasteiger partial charge >= 0.3 is 5.69 Å². The first-order valence-corrected chi connectivity index (χ1v) is 12.8. The molecule has 4 aromatic rings. The normalized spacial score (nSPS) is 14.2. The van der Waals surface area contributed by atoms with Crippen LogP contribution >= 0.6 is 23.2 Å². The number of anilines is 1. The van der Waals surface area contributed by atoms with Crippen LogP contribution in [0.5, 0.6) is 0 Å². The number of hydrogen-bond donors (Lipinski definition) is 1. The standard InChI is InChI=1S/C28H26Cl2N4O3/c1-32-23-11-8-19(16-24(23)33(2)28(32)37)27(36)34-14-12-18(13-15-34)17-6-9-20(10-7-17)31-26(35)25-21(29)4-3-5-22(25)30/h3-11,16,18H,12-15H2,1-2H3,(H,31,35). The number of rotatable bonds is 4. The van der Waals surface area contributed by atoms with E-state index in [4.69, 9.17) is 23.2 Å². The quantitative estimate of drug-likeness (QED) is 0.376. The Bertz CT molecular complexity index is 1540. The van der Waals surface area contributed by atoms with Gasteiger partial charge in [-0.25, -0.2) is 4.79 Å². The van der Waals surface area contributed by atoms with E-state index in [1.807, 2.05) is 35.2 Å². The van der Waals surface area contributed by atoms with Gasteiger partial charge in [0, 0.05) is 38.4 Å². The zero-order valence-electron chi connectivity index (χ0n) is 20.5. The van der Waals surface area contributed by atoms with Gasteiger partial charge in [0.15, 0.2) is 0 Å². The largest absolute Gasteiger partial charge is 0.339 e. The number of aryl methyl sites for hydroxylation is 2. The third-order valence-electron chi connectivity index (χ3n) is 7.13. The minimum atomic E-state index is -0.357. The summed E-state index contributed by atoms with van der Waals surface area (Å²) in [7, 11) is 3.44. The number of carbonyl (C=O) groups is 2. The van der Waals surface area contributed by atoms with E-state index in [-0.39, 0.29) is 23.1 Å². The number of nitrogens with zero attached hydrogens (tertiary/aromatic N) is 3. The van der Waals surface area contributed by atoms with Crippen molar-refractivity contribution in [3.63, 3.8) is 0 Å². The first-order chi connectivity index (χ1) is 17.7. The van der Waals surface area contributed by atoms with Crippen molar-refractivity contribution in [2.45, 2.75) is 18.8 Å². The van der Waals surface area contributed by atoms with Gasteiger partial charge < -0.3 is 10.2 Å². The predicted octanol–water partition coefficient (Wildman–Crippen LogP) is 5.46. The molecule has 1 fully saturated rings. The van der Waals surface area contributed by atoms with Crippen molar-refractivity contribution < 1.29 is 9.59 Å². The lowest BCUT2D eigenvalue weighted by atomic mass is 9.89. The van der Waals surface area contributed by atoms with Crippen LogP contribution in [0.25, 0.3) is 11.0 Å². The molecule has 1 aliphatic heterocycles. The van der Waals surface area contributed by atoms with Crippen LogP contribution in [-0.2, 0) is 14.1 Å². The Hall–Kier alpha value is -3.55. The monoisotopic (exact) mass is 536 g/mol. The van der Waals surface area contributed by atoms with Gasteiger partial charge in [-0.15, -0.1) is 0 Å². The summed E-state index contributed by atoms with van der Waals surface area (Å²) in [6.07, 6.45) is 1.69. The van der Waals surface area contributed by atoms with Crippen LogP contribution in [0.15, 0.2) is 65.5 Å². The maximum Gasteiger partial charge on any atom is 0.328 e. The van der Waals surface area contributed by atoms with E-state index in [1.54, 1.807) is 53.6 Å².